The summed E-state index contributed by atoms with van der Waals surface area (Å²) >= 11 is 0. The summed E-state index contributed by atoms with van der Waals surface area (Å²) in [6.45, 7) is 3.48. The number of anilines is 1. The van der Waals surface area contributed by atoms with E-state index in [0.29, 0.717) is 5.66 Å². The Hall–Kier alpha value is -1.42. The number of hydrogen-bond acceptors (Lipinski definition) is 3. The van der Waals surface area contributed by atoms with Crippen LogP contribution in [0.3, 0.4) is 0 Å². The fraction of sp³-hybridized carbons (Fsp3) is 0.333. The van der Waals surface area contributed by atoms with Gasteiger partial charge in [0.15, 0.2) is 7.85 Å². The maximum atomic E-state index is 5.62. The highest BCUT2D eigenvalue weighted by Gasteiger charge is 2.12. The molecule has 0 N–H and O–H groups in total. The molecular weight excluding hydrogens is 201 g/mol. The molecule has 2 heterocycles. The molecule has 0 amide bonds. The summed E-state index contributed by atoms with van der Waals surface area (Å²) in [7, 11) is 5.62. The summed E-state index contributed by atoms with van der Waals surface area (Å²) in [4.78, 5) is 2.31. The SMILES string of the molecule is [B]c1cc2cc(N3CCOCC3)ccc2o1. The molecule has 0 saturated carbocycles. The van der Waals surface area contributed by atoms with E-state index in [4.69, 9.17) is 17.0 Å². The fourth-order valence-electron chi connectivity index (χ4n) is 2.07. The Balaban J connectivity index is 1.97. The second-order valence-corrected chi connectivity index (χ2v) is 3.97. The normalized spacial score (nSPS) is 16.9. The minimum atomic E-state index is 0.467. The maximum absolute atomic E-state index is 5.62. The van der Waals surface area contributed by atoms with Crippen LogP contribution in [0.25, 0.3) is 11.0 Å². The first kappa shape index (κ1) is 9.79. The third-order valence-corrected chi connectivity index (χ3v) is 2.90. The molecule has 2 aromatic rings. The van der Waals surface area contributed by atoms with E-state index in [0.717, 1.165) is 37.3 Å². The molecule has 3 rings (SSSR count). The first-order chi connectivity index (χ1) is 7.83. The van der Waals surface area contributed by atoms with Crippen LogP contribution in [0.4, 0.5) is 5.69 Å². The zero-order chi connectivity index (χ0) is 11.0. The molecule has 0 atom stereocenters. The van der Waals surface area contributed by atoms with Crippen molar-refractivity contribution < 1.29 is 9.15 Å². The van der Waals surface area contributed by atoms with Crippen LogP contribution in [-0.4, -0.2) is 34.1 Å². The van der Waals surface area contributed by atoms with Crippen LogP contribution in [0, 0.1) is 0 Å². The minimum Gasteiger partial charge on any atom is -0.473 e. The average Bonchev–Trinajstić information content (AvgIpc) is 2.69. The number of rotatable bonds is 1. The van der Waals surface area contributed by atoms with Gasteiger partial charge in [0.1, 0.15) is 5.58 Å². The lowest BCUT2D eigenvalue weighted by Crippen LogP contribution is -2.36. The molecule has 0 unspecified atom stereocenters. The molecule has 0 bridgehead atoms. The van der Waals surface area contributed by atoms with Gasteiger partial charge in [0.2, 0.25) is 0 Å². The number of hydrogen-bond donors (Lipinski definition) is 0. The van der Waals surface area contributed by atoms with Crippen LogP contribution in [0.2, 0.25) is 0 Å². The standard InChI is InChI=1S/C12H12BNO2/c13-12-8-9-7-10(1-2-11(9)16-12)14-3-5-15-6-4-14/h1-2,7-8H,3-6H2. The summed E-state index contributed by atoms with van der Waals surface area (Å²) in [6, 6.07) is 8.01. The van der Waals surface area contributed by atoms with E-state index in [9.17, 15) is 0 Å². The molecule has 16 heavy (non-hydrogen) atoms. The van der Waals surface area contributed by atoms with Gasteiger partial charge in [0.25, 0.3) is 0 Å². The lowest BCUT2D eigenvalue weighted by Gasteiger charge is -2.28. The quantitative estimate of drug-likeness (QED) is 0.662. The van der Waals surface area contributed by atoms with E-state index in [1.807, 2.05) is 12.1 Å². The van der Waals surface area contributed by atoms with Crippen molar-refractivity contribution in [3.8, 4) is 0 Å². The zero-order valence-corrected chi connectivity index (χ0v) is 8.98. The van der Waals surface area contributed by atoms with E-state index >= 15 is 0 Å². The summed E-state index contributed by atoms with van der Waals surface area (Å²) in [5.41, 5.74) is 2.51. The fourth-order valence-corrected chi connectivity index (χ4v) is 2.07. The number of fused-ring (bicyclic) bond motifs is 1. The molecule has 1 aromatic carbocycles. The van der Waals surface area contributed by atoms with Crippen molar-refractivity contribution in [3.63, 3.8) is 0 Å². The smallest absolute Gasteiger partial charge is 0.167 e. The molecule has 1 aliphatic heterocycles. The van der Waals surface area contributed by atoms with E-state index < -0.39 is 0 Å². The van der Waals surface area contributed by atoms with Crippen molar-refractivity contribution in [2.24, 2.45) is 0 Å². The molecule has 4 heteroatoms. The van der Waals surface area contributed by atoms with Gasteiger partial charge in [-0.15, -0.1) is 0 Å². The minimum absolute atomic E-state index is 0.467. The van der Waals surface area contributed by atoms with E-state index in [-0.39, 0.29) is 0 Å². The molecule has 0 aliphatic carbocycles. The molecule has 1 aromatic heterocycles. The number of furan rings is 1. The largest absolute Gasteiger partial charge is 0.473 e. The second-order valence-electron chi connectivity index (χ2n) is 3.97. The van der Waals surface area contributed by atoms with E-state index in [1.54, 1.807) is 0 Å². The Morgan fingerprint density at radius 2 is 1.94 bits per heavy atom. The van der Waals surface area contributed by atoms with Gasteiger partial charge in [-0.3, -0.25) is 0 Å². The van der Waals surface area contributed by atoms with Crippen LogP contribution in [0.15, 0.2) is 28.7 Å². The number of benzene rings is 1. The van der Waals surface area contributed by atoms with E-state index in [1.165, 1.54) is 5.69 Å². The summed E-state index contributed by atoms with van der Waals surface area (Å²) in [6.07, 6.45) is 0. The second kappa shape index (κ2) is 3.87. The van der Waals surface area contributed by atoms with Gasteiger partial charge in [0.05, 0.1) is 13.2 Å². The number of nitrogens with zero attached hydrogens (tertiary/aromatic N) is 1. The van der Waals surface area contributed by atoms with Crippen molar-refractivity contribution in [3.05, 3.63) is 24.3 Å². The van der Waals surface area contributed by atoms with Gasteiger partial charge in [-0.2, -0.15) is 0 Å². The first-order valence-electron chi connectivity index (χ1n) is 5.45. The van der Waals surface area contributed by atoms with Gasteiger partial charge in [-0.1, -0.05) is 0 Å². The van der Waals surface area contributed by atoms with Gasteiger partial charge in [-0.05, 0) is 24.3 Å². The zero-order valence-electron chi connectivity index (χ0n) is 8.98. The molecule has 2 radical (unpaired) electrons. The van der Waals surface area contributed by atoms with Gasteiger partial charge in [0, 0.05) is 29.8 Å². The number of morpholine rings is 1. The van der Waals surface area contributed by atoms with Crippen LogP contribution in [0.5, 0.6) is 0 Å². The van der Waals surface area contributed by atoms with Crippen LogP contribution < -0.4 is 10.6 Å². The first-order valence-corrected chi connectivity index (χ1v) is 5.45. The molecule has 0 spiro atoms. The Morgan fingerprint density at radius 1 is 1.12 bits per heavy atom. The predicted molar refractivity (Wildman–Crippen MR) is 64.6 cm³/mol. The lowest BCUT2D eigenvalue weighted by molar-refractivity contribution is 0.122. The Bertz CT molecular complexity index is 503. The van der Waals surface area contributed by atoms with Crippen LogP contribution >= 0.6 is 0 Å². The molecular formula is C12H12BNO2. The molecule has 3 nitrogen and oxygen atoms in total. The van der Waals surface area contributed by atoms with Crippen molar-refractivity contribution in [1.82, 2.24) is 0 Å². The highest BCUT2D eigenvalue weighted by atomic mass is 16.5. The topological polar surface area (TPSA) is 25.6 Å². The molecule has 1 saturated heterocycles. The summed E-state index contributed by atoms with van der Waals surface area (Å²) in [5.74, 6) is 0. The Morgan fingerprint density at radius 3 is 2.75 bits per heavy atom. The summed E-state index contributed by atoms with van der Waals surface area (Å²) in [5, 5.41) is 1.06. The highest BCUT2D eigenvalue weighted by molar-refractivity contribution is 6.31. The Labute approximate surface area is 95.4 Å². The highest BCUT2D eigenvalue weighted by Crippen LogP contribution is 2.22. The average molecular weight is 213 g/mol. The van der Waals surface area contributed by atoms with Gasteiger partial charge < -0.3 is 14.1 Å². The van der Waals surface area contributed by atoms with Crippen molar-refractivity contribution in [1.29, 1.82) is 0 Å². The predicted octanol–water partition coefficient (Wildman–Crippen LogP) is 1.06. The third-order valence-electron chi connectivity index (χ3n) is 2.90. The monoisotopic (exact) mass is 213 g/mol. The maximum Gasteiger partial charge on any atom is 0.167 e. The van der Waals surface area contributed by atoms with Gasteiger partial charge in [-0.25, -0.2) is 0 Å². The third kappa shape index (κ3) is 1.69. The number of ether oxygens (including phenoxy) is 1. The van der Waals surface area contributed by atoms with Crippen LogP contribution in [0.1, 0.15) is 0 Å². The molecule has 1 fully saturated rings. The van der Waals surface area contributed by atoms with Crippen LogP contribution in [-0.2, 0) is 4.74 Å². The summed E-state index contributed by atoms with van der Waals surface area (Å²) < 4.78 is 10.7. The molecule has 1 aliphatic rings. The Kier molecular flexibility index (Phi) is 2.37. The van der Waals surface area contributed by atoms with Gasteiger partial charge >= 0.3 is 0 Å². The van der Waals surface area contributed by atoms with E-state index in [2.05, 4.69) is 17.0 Å². The van der Waals surface area contributed by atoms with Crippen molar-refractivity contribution >= 4 is 30.2 Å². The lowest BCUT2D eigenvalue weighted by atomic mass is 10.1. The van der Waals surface area contributed by atoms with Crippen molar-refractivity contribution in [2.45, 2.75) is 0 Å². The molecule has 80 valence electrons. The van der Waals surface area contributed by atoms with Crippen molar-refractivity contribution in [2.75, 3.05) is 31.2 Å².